The zero-order valence-electron chi connectivity index (χ0n) is 21.8. The van der Waals surface area contributed by atoms with Crippen LogP contribution in [0.1, 0.15) is 52.4 Å². The molecule has 1 saturated carbocycles. The van der Waals surface area contributed by atoms with E-state index in [1.165, 1.54) is 12.3 Å². The maximum atomic E-state index is 13.0. The summed E-state index contributed by atoms with van der Waals surface area (Å²) in [5, 5.41) is 16.0. The highest BCUT2D eigenvalue weighted by atomic mass is 35.5. The second-order valence-corrected chi connectivity index (χ2v) is 10.6. The quantitative estimate of drug-likeness (QED) is 0.216. The fraction of sp³-hybridized carbons (Fsp3) is 0.300. The van der Waals surface area contributed by atoms with Gasteiger partial charge in [-0.15, -0.1) is 0 Å². The van der Waals surface area contributed by atoms with Crippen LogP contribution in [0.15, 0.2) is 65.3 Å². The van der Waals surface area contributed by atoms with Crippen LogP contribution in [0.25, 0.3) is 11.3 Å². The van der Waals surface area contributed by atoms with E-state index in [9.17, 15) is 18.7 Å². The van der Waals surface area contributed by atoms with Crippen molar-refractivity contribution in [1.29, 1.82) is 0 Å². The third-order valence-corrected chi connectivity index (χ3v) is 7.74. The van der Waals surface area contributed by atoms with Crippen LogP contribution in [-0.2, 0) is 12.2 Å². The Morgan fingerprint density at radius 2 is 2.02 bits per heavy atom. The molecule has 2 aromatic heterocycles. The Bertz CT molecular complexity index is 1560. The molecule has 2 aliphatic rings. The lowest BCUT2D eigenvalue weighted by Crippen LogP contribution is -2.31. The number of ether oxygens (including phenoxy) is 2. The first-order chi connectivity index (χ1) is 19.8. The van der Waals surface area contributed by atoms with E-state index in [1.54, 1.807) is 48.5 Å². The molecule has 1 aliphatic carbocycles. The molecule has 1 aliphatic heterocycles. The van der Waals surface area contributed by atoms with Gasteiger partial charge in [-0.25, -0.2) is 4.98 Å². The molecule has 6 rings (SSSR count). The molecule has 4 aromatic rings. The lowest BCUT2D eigenvalue weighted by atomic mass is 9.93. The average molecular weight is 582 g/mol. The first-order valence-corrected chi connectivity index (χ1v) is 13.6. The molecular weight excluding hydrogens is 556 g/mol. The van der Waals surface area contributed by atoms with Crippen LogP contribution in [0.2, 0.25) is 5.02 Å². The van der Waals surface area contributed by atoms with E-state index in [-0.39, 0.29) is 24.8 Å². The fourth-order valence-corrected chi connectivity index (χ4v) is 5.53. The van der Waals surface area contributed by atoms with Crippen LogP contribution < -0.4 is 14.4 Å². The zero-order valence-corrected chi connectivity index (χ0v) is 22.6. The number of carbonyl (C=O) groups is 1. The molecule has 41 heavy (non-hydrogen) atoms. The van der Waals surface area contributed by atoms with Gasteiger partial charge in [-0.1, -0.05) is 35.0 Å². The number of para-hydroxylation sites is 1. The minimum atomic E-state index is -2.98. The summed E-state index contributed by atoms with van der Waals surface area (Å²) in [5.41, 5.74) is 1.29. The van der Waals surface area contributed by atoms with E-state index in [0.29, 0.717) is 63.3 Å². The number of alkyl halides is 2. The third-order valence-electron chi connectivity index (χ3n) is 7.43. The first-order valence-electron chi connectivity index (χ1n) is 13.2. The summed E-state index contributed by atoms with van der Waals surface area (Å²) >= 11 is 6.65. The Hall–Kier alpha value is -4.02. The lowest BCUT2D eigenvalue weighted by molar-refractivity contribution is -0.0494. The molecular formula is C30H26ClF2N3O5. The van der Waals surface area contributed by atoms with Crippen LogP contribution in [0.3, 0.4) is 0 Å². The second-order valence-electron chi connectivity index (χ2n) is 10.2. The van der Waals surface area contributed by atoms with Gasteiger partial charge in [0.15, 0.2) is 6.29 Å². The summed E-state index contributed by atoms with van der Waals surface area (Å²) in [6.07, 6.45) is 4.57. The summed E-state index contributed by atoms with van der Waals surface area (Å²) in [7, 11) is 0. The molecule has 0 amide bonds. The lowest BCUT2D eigenvalue weighted by Gasteiger charge is -2.25. The van der Waals surface area contributed by atoms with Gasteiger partial charge in [0.05, 0.1) is 17.1 Å². The predicted molar refractivity (Wildman–Crippen MR) is 147 cm³/mol. The Balaban J connectivity index is 1.20. The van der Waals surface area contributed by atoms with Crippen LogP contribution in [0.5, 0.6) is 11.5 Å². The molecule has 2 fully saturated rings. The Morgan fingerprint density at radius 1 is 1.20 bits per heavy atom. The van der Waals surface area contributed by atoms with Crippen molar-refractivity contribution in [1.82, 2.24) is 10.1 Å². The van der Waals surface area contributed by atoms with Gasteiger partial charge in [0.1, 0.15) is 41.0 Å². The van der Waals surface area contributed by atoms with E-state index < -0.39 is 12.2 Å². The molecule has 1 N–H and O–H groups in total. The van der Waals surface area contributed by atoms with E-state index in [4.69, 9.17) is 25.6 Å². The highest BCUT2D eigenvalue weighted by Gasteiger charge is 2.40. The number of hydrogen-bond acceptors (Lipinski definition) is 8. The molecule has 0 bridgehead atoms. The predicted octanol–water partition coefficient (Wildman–Crippen LogP) is 6.36. The highest BCUT2D eigenvalue weighted by molar-refractivity contribution is 6.31. The number of benzene rings is 2. The van der Waals surface area contributed by atoms with Gasteiger partial charge in [-0.05, 0) is 55.7 Å². The minimum absolute atomic E-state index is 0.000488. The van der Waals surface area contributed by atoms with Crippen LogP contribution in [0.4, 0.5) is 14.6 Å². The van der Waals surface area contributed by atoms with Crippen molar-refractivity contribution in [2.45, 2.75) is 44.0 Å². The maximum Gasteiger partial charge on any atom is 0.387 e. The van der Waals surface area contributed by atoms with Crippen molar-refractivity contribution in [2.75, 3.05) is 18.0 Å². The third kappa shape index (κ3) is 5.62. The molecule has 212 valence electrons. The fourth-order valence-electron chi connectivity index (χ4n) is 5.18. The largest absolute Gasteiger partial charge is 0.489 e. The number of aromatic nitrogens is 2. The van der Waals surface area contributed by atoms with E-state index in [0.717, 1.165) is 19.1 Å². The van der Waals surface area contributed by atoms with Crippen molar-refractivity contribution in [3.63, 3.8) is 0 Å². The molecule has 1 saturated heterocycles. The number of anilines is 1. The van der Waals surface area contributed by atoms with Crippen molar-refractivity contribution in [2.24, 2.45) is 0 Å². The molecule has 11 heteroatoms. The monoisotopic (exact) mass is 581 g/mol. The van der Waals surface area contributed by atoms with Gasteiger partial charge >= 0.3 is 6.61 Å². The highest BCUT2D eigenvalue weighted by Crippen LogP contribution is 2.46. The molecule has 0 spiro atoms. The van der Waals surface area contributed by atoms with E-state index in [1.807, 2.05) is 4.90 Å². The van der Waals surface area contributed by atoms with Gasteiger partial charge in [0, 0.05) is 35.3 Å². The summed E-state index contributed by atoms with van der Waals surface area (Å²) in [5.74, 6) is 2.01. The maximum absolute atomic E-state index is 13.0. The second kappa shape index (κ2) is 11.1. The molecule has 1 unspecified atom stereocenters. The number of hydrogen-bond donors (Lipinski definition) is 1. The Labute approximate surface area is 239 Å². The Kier molecular flexibility index (Phi) is 7.35. The number of aliphatic hydroxyl groups is 1. The Morgan fingerprint density at radius 3 is 2.73 bits per heavy atom. The van der Waals surface area contributed by atoms with Gasteiger partial charge in [0.25, 0.3) is 0 Å². The molecule has 8 nitrogen and oxygen atoms in total. The summed E-state index contributed by atoms with van der Waals surface area (Å²) < 4.78 is 42.5. The van der Waals surface area contributed by atoms with Crippen molar-refractivity contribution >= 4 is 23.7 Å². The van der Waals surface area contributed by atoms with Crippen LogP contribution in [0, 0.1) is 0 Å². The topological polar surface area (TPSA) is 97.9 Å². The number of nitrogens with zero attached hydrogens (tertiary/aromatic N) is 3. The van der Waals surface area contributed by atoms with Crippen LogP contribution in [-0.4, -0.2) is 41.2 Å². The molecule has 3 heterocycles. The van der Waals surface area contributed by atoms with Crippen molar-refractivity contribution < 1.29 is 32.7 Å². The van der Waals surface area contributed by atoms with E-state index >= 15 is 0 Å². The number of aldehydes is 1. The zero-order chi connectivity index (χ0) is 28.6. The van der Waals surface area contributed by atoms with Gasteiger partial charge in [-0.3, -0.25) is 4.79 Å². The number of pyridine rings is 1. The molecule has 0 radical (unpaired) electrons. The molecule has 1 atom stereocenters. The van der Waals surface area contributed by atoms with Gasteiger partial charge < -0.3 is 24.0 Å². The molecule has 2 aromatic carbocycles. The smallest absolute Gasteiger partial charge is 0.387 e. The number of carbonyl (C=O) groups excluding carboxylic acids is 1. The normalized spacial score (nSPS) is 18.6. The number of halogens is 3. The summed E-state index contributed by atoms with van der Waals surface area (Å²) in [6, 6.07) is 15.0. The SMILES string of the molecule is O=Cc1ccc(N2CCC(O)(c3ccc(OCc4c(-c5ccccc5OC(F)F)noc4C4CC4)cc3Cl)C2)nc1. The first kappa shape index (κ1) is 27.2. The summed E-state index contributed by atoms with van der Waals surface area (Å²) in [6.45, 7) is -2.05. The van der Waals surface area contributed by atoms with Crippen molar-refractivity contribution in [3.8, 4) is 22.8 Å². The average Bonchev–Trinajstić information content (AvgIpc) is 3.60. The van der Waals surface area contributed by atoms with Crippen LogP contribution >= 0.6 is 11.6 Å². The number of rotatable bonds is 10. The van der Waals surface area contributed by atoms with Crippen molar-refractivity contribution in [3.05, 3.63) is 88.3 Å². The summed E-state index contributed by atoms with van der Waals surface area (Å²) in [4.78, 5) is 17.2. The number of β-amino-alcohol motifs (C(OH)–C–C–N with tert-alkyl or cyclic N) is 1. The standard InChI is InChI=1S/C30H26ClF2N3O5/c31-24-13-20(8-9-23(24)30(38)11-12-36(17-30)26-10-5-18(15-37)14-34-26)39-16-22-27(35-41-28(22)19-6-7-19)21-3-1-2-4-25(21)40-29(32)33/h1-5,8-10,13-15,19,29,38H,6-7,11-12,16-17H2. The van der Waals surface area contributed by atoms with Gasteiger partial charge in [0.2, 0.25) is 0 Å². The minimum Gasteiger partial charge on any atom is -0.489 e. The van der Waals surface area contributed by atoms with E-state index in [2.05, 4.69) is 10.1 Å². The van der Waals surface area contributed by atoms with Gasteiger partial charge in [-0.2, -0.15) is 8.78 Å².